The van der Waals surface area contributed by atoms with Crippen LogP contribution in [0.5, 0.6) is 0 Å². The number of alkyl halides is 5. The monoisotopic (exact) mass is 388 g/mol. The number of carbonyl (C=O) groups is 1. The van der Waals surface area contributed by atoms with E-state index in [0.717, 1.165) is 6.07 Å². The summed E-state index contributed by atoms with van der Waals surface area (Å²) in [5, 5.41) is 10.0. The maximum Gasteiger partial charge on any atom is 0.459 e. The lowest BCUT2D eigenvalue weighted by molar-refractivity contribution is -0.291. The first-order valence-corrected chi connectivity index (χ1v) is 7.58. The van der Waals surface area contributed by atoms with Crippen LogP contribution in [0.4, 0.5) is 22.0 Å². The predicted molar refractivity (Wildman–Crippen MR) is 82.1 cm³/mol. The van der Waals surface area contributed by atoms with Gasteiger partial charge in [0, 0.05) is 25.0 Å². The van der Waals surface area contributed by atoms with Crippen LogP contribution in [0.3, 0.4) is 0 Å². The molecule has 0 aliphatic carbocycles. The third-order valence-corrected chi connectivity index (χ3v) is 3.82. The van der Waals surface area contributed by atoms with Crippen LogP contribution in [-0.2, 0) is 19.5 Å². The van der Waals surface area contributed by atoms with Crippen molar-refractivity contribution >= 4 is 11.6 Å². The van der Waals surface area contributed by atoms with E-state index >= 15 is 0 Å². The van der Waals surface area contributed by atoms with Crippen LogP contribution < -0.4 is 5.32 Å². The Morgan fingerprint density at radius 2 is 1.93 bits per heavy atom. The molecule has 0 aliphatic rings. The Bertz CT molecular complexity index is 1010. The second kappa shape index (κ2) is 6.28. The summed E-state index contributed by atoms with van der Waals surface area (Å²) in [6.45, 7) is 1.34. The van der Waals surface area contributed by atoms with Crippen molar-refractivity contribution in [2.24, 2.45) is 7.05 Å². The molecule has 27 heavy (non-hydrogen) atoms. The number of aromatic nitrogens is 5. The summed E-state index contributed by atoms with van der Waals surface area (Å²) in [5.74, 6) is -5.91. The van der Waals surface area contributed by atoms with Gasteiger partial charge in [-0.05, 0) is 19.1 Å². The van der Waals surface area contributed by atoms with E-state index in [4.69, 9.17) is 0 Å². The molecule has 3 rings (SSSR count). The van der Waals surface area contributed by atoms with Gasteiger partial charge in [-0.25, -0.2) is 9.50 Å². The van der Waals surface area contributed by atoms with Gasteiger partial charge >= 0.3 is 12.1 Å². The summed E-state index contributed by atoms with van der Waals surface area (Å²) in [6, 6.07) is 3.28. The fourth-order valence-electron chi connectivity index (χ4n) is 2.42. The van der Waals surface area contributed by atoms with Crippen molar-refractivity contribution in [3.05, 3.63) is 47.2 Å². The SMILES string of the molecule is Cc1cc(C(F)(F)C(F)(F)F)n2nc(C(=O)NCc3ccnn3C)cc2n1. The zero-order chi connectivity index (χ0) is 20.0. The number of hydrogen-bond acceptors (Lipinski definition) is 4. The van der Waals surface area contributed by atoms with Crippen LogP contribution in [0.15, 0.2) is 24.4 Å². The molecule has 7 nitrogen and oxygen atoms in total. The summed E-state index contributed by atoms with van der Waals surface area (Å²) in [5.41, 5.74) is -1.45. The van der Waals surface area contributed by atoms with Gasteiger partial charge in [0.25, 0.3) is 5.91 Å². The topological polar surface area (TPSA) is 77.1 Å². The lowest BCUT2D eigenvalue weighted by atomic mass is 10.2. The standard InChI is InChI=1S/C15H13F5N6O/c1-8-5-11(14(16,17)15(18,19)20)26-12(23-8)6-10(24-26)13(27)21-7-9-3-4-22-25(9)2/h3-6H,7H2,1-2H3,(H,21,27). The summed E-state index contributed by atoms with van der Waals surface area (Å²) >= 11 is 0. The molecule has 12 heteroatoms. The highest BCUT2D eigenvalue weighted by Gasteiger charge is 2.60. The van der Waals surface area contributed by atoms with Crippen LogP contribution >= 0.6 is 0 Å². The van der Waals surface area contributed by atoms with E-state index in [9.17, 15) is 26.7 Å². The summed E-state index contributed by atoms with van der Waals surface area (Å²) < 4.78 is 67.8. The van der Waals surface area contributed by atoms with Gasteiger partial charge in [-0.1, -0.05) is 0 Å². The van der Waals surface area contributed by atoms with Gasteiger partial charge in [-0.15, -0.1) is 0 Å². The van der Waals surface area contributed by atoms with E-state index in [1.807, 2.05) is 0 Å². The van der Waals surface area contributed by atoms with Crippen molar-refractivity contribution < 1.29 is 26.7 Å². The van der Waals surface area contributed by atoms with Crippen molar-refractivity contribution in [1.82, 2.24) is 29.7 Å². The van der Waals surface area contributed by atoms with Crippen LogP contribution in [0.1, 0.15) is 27.6 Å². The van der Waals surface area contributed by atoms with Crippen LogP contribution in [0.25, 0.3) is 5.65 Å². The number of halogens is 5. The lowest BCUT2D eigenvalue weighted by Gasteiger charge is -2.20. The average Bonchev–Trinajstić information content (AvgIpc) is 3.16. The molecule has 0 bridgehead atoms. The number of amides is 1. The zero-order valence-corrected chi connectivity index (χ0v) is 14.1. The van der Waals surface area contributed by atoms with Crippen LogP contribution in [0, 0.1) is 6.92 Å². The van der Waals surface area contributed by atoms with Gasteiger partial charge in [0.1, 0.15) is 5.69 Å². The van der Waals surface area contributed by atoms with Crippen molar-refractivity contribution in [2.45, 2.75) is 25.6 Å². The summed E-state index contributed by atoms with van der Waals surface area (Å²) in [7, 11) is 1.66. The first-order valence-electron chi connectivity index (χ1n) is 7.58. The van der Waals surface area contributed by atoms with E-state index in [-0.39, 0.29) is 23.6 Å². The summed E-state index contributed by atoms with van der Waals surface area (Å²) in [6.07, 6.45) is -4.30. The normalized spacial score (nSPS) is 12.6. The highest BCUT2D eigenvalue weighted by molar-refractivity contribution is 5.93. The Labute approximate surface area is 148 Å². The minimum atomic E-state index is -5.82. The molecule has 0 saturated heterocycles. The van der Waals surface area contributed by atoms with Crippen LogP contribution in [0.2, 0.25) is 0 Å². The molecule has 0 spiro atoms. The zero-order valence-electron chi connectivity index (χ0n) is 14.1. The Balaban J connectivity index is 1.96. The maximum atomic E-state index is 13.8. The van der Waals surface area contributed by atoms with Gasteiger partial charge in [0.15, 0.2) is 11.3 Å². The predicted octanol–water partition coefficient (Wildman–Crippen LogP) is 2.36. The number of carbonyl (C=O) groups excluding carboxylic acids is 1. The maximum absolute atomic E-state index is 13.8. The molecular formula is C15H13F5N6O. The van der Waals surface area contributed by atoms with Crippen molar-refractivity contribution in [3.63, 3.8) is 0 Å². The number of nitrogens with zero attached hydrogens (tertiary/aromatic N) is 5. The molecule has 1 amide bonds. The molecular weight excluding hydrogens is 375 g/mol. The second-order valence-corrected chi connectivity index (χ2v) is 5.78. The van der Waals surface area contributed by atoms with Gasteiger partial charge in [0.05, 0.1) is 12.2 Å². The molecule has 0 aromatic carbocycles. The molecule has 0 saturated carbocycles. The minimum absolute atomic E-state index is 0.0665. The highest BCUT2D eigenvalue weighted by Crippen LogP contribution is 2.43. The molecule has 144 valence electrons. The van der Waals surface area contributed by atoms with Crippen molar-refractivity contribution in [3.8, 4) is 0 Å². The van der Waals surface area contributed by atoms with Crippen LogP contribution in [-0.4, -0.2) is 36.5 Å². The Morgan fingerprint density at radius 3 is 2.52 bits per heavy atom. The number of hydrogen-bond donors (Lipinski definition) is 1. The van der Waals surface area contributed by atoms with E-state index in [1.165, 1.54) is 17.8 Å². The van der Waals surface area contributed by atoms with Gasteiger partial charge in [0.2, 0.25) is 0 Å². The molecule has 0 atom stereocenters. The van der Waals surface area contributed by atoms with Gasteiger partial charge < -0.3 is 5.32 Å². The molecule has 0 aliphatic heterocycles. The van der Waals surface area contributed by atoms with E-state index in [0.29, 0.717) is 16.3 Å². The molecule has 0 unspecified atom stereocenters. The molecule has 3 heterocycles. The molecule has 1 N–H and O–H groups in total. The van der Waals surface area contributed by atoms with Gasteiger partial charge in [-0.3, -0.25) is 9.48 Å². The molecule has 0 radical (unpaired) electrons. The number of fused-ring (bicyclic) bond motifs is 1. The third kappa shape index (κ3) is 3.34. The number of rotatable bonds is 4. The van der Waals surface area contributed by atoms with E-state index < -0.39 is 23.7 Å². The largest absolute Gasteiger partial charge is 0.459 e. The Morgan fingerprint density at radius 1 is 1.22 bits per heavy atom. The fourth-order valence-corrected chi connectivity index (χ4v) is 2.42. The van der Waals surface area contributed by atoms with E-state index in [1.54, 1.807) is 13.1 Å². The number of aryl methyl sites for hydroxylation is 2. The first-order chi connectivity index (χ1) is 12.5. The summed E-state index contributed by atoms with van der Waals surface area (Å²) in [4.78, 5) is 16.1. The Kier molecular flexibility index (Phi) is 4.36. The van der Waals surface area contributed by atoms with Gasteiger partial charge in [-0.2, -0.15) is 32.1 Å². The lowest BCUT2D eigenvalue weighted by Crippen LogP contribution is -2.36. The average molecular weight is 388 g/mol. The molecule has 3 aromatic heterocycles. The van der Waals surface area contributed by atoms with Crippen molar-refractivity contribution in [1.29, 1.82) is 0 Å². The fraction of sp³-hybridized carbons (Fsp3) is 0.333. The second-order valence-electron chi connectivity index (χ2n) is 5.78. The highest BCUT2D eigenvalue weighted by atomic mass is 19.4. The van der Waals surface area contributed by atoms with Crippen molar-refractivity contribution in [2.75, 3.05) is 0 Å². The quantitative estimate of drug-likeness (QED) is 0.697. The molecule has 3 aromatic rings. The first kappa shape index (κ1) is 18.7. The minimum Gasteiger partial charge on any atom is -0.345 e. The number of nitrogens with one attached hydrogen (secondary N) is 1. The van der Waals surface area contributed by atoms with E-state index in [2.05, 4.69) is 20.5 Å². The smallest absolute Gasteiger partial charge is 0.345 e. The Hall–Kier alpha value is -3.05. The third-order valence-electron chi connectivity index (χ3n) is 3.82. The molecule has 0 fully saturated rings.